The second-order valence-corrected chi connectivity index (χ2v) is 9.01. The minimum Gasteiger partial charge on any atom is -0.456 e. The normalized spacial score (nSPS) is 14.4. The second kappa shape index (κ2) is 10.0. The fourth-order valence-corrected chi connectivity index (χ4v) is 4.89. The summed E-state index contributed by atoms with van der Waals surface area (Å²) >= 11 is 1.36. The fourth-order valence-electron chi connectivity index (χ4n) is 3.87. The SMILES string of the molecule is CCCc1nn2c(=O)cc(COC(=O)c3ccccc3NC(=O)C3CCCCC3)nc2s1. The van der Waals surface area contributed by atoms with Crippen LogP contribution in [0.5, 0.6) is 0 Å². The van der Waals surface area contributed by atoms with E-state index in [4.69, 9.17) is 4.74 Å². The van der Waals surface area contributed by atoms with Gasteiger partial charge in [-0.15, -0.1) is 0 Å². The molecule has 1 aromatic carbocycles. The molecule has 0 bridgehead atoms. The molecule has 0 unspecified atom stereocenters. The average Bonchev–Trinajstić information content (AvgIpc) is 3.22. The van der Waals surface area contributed by atoms with Crippen LogP contribution in [0.4, 0.5) is 5.69 Å². The highest BCUT2D eigenvalue weighted by atomic mass is 32.1. The number of aryl methyl sites for hydroxylation is 1. The Morgan fingerprint density at radius 2 is 2.00 bits per heavy atom. The Morgan fingerprint density at radius 3 is 2.78 bits per heavy atom. The Kier molecular flexibility index (Phi) is 6.94. The van der Waals surface area contributed by atoms with Gasteiger partial charge in [-0.3, -0.25) is 9.59 Å². The van der Waals surface area contributed by atoms with E-state index in [0.29, 0.717) is 16.3 Å². The van der Waals surface area contributed by atoms with Crippen LogP contribution in [0.2, 0.25) is 0 Å². The number of benzene rings is 1. The maximum absolute atomic E-state index is 12.7. The zero-order valence-corrected chi connectivity index (χ0v) is 18.8. The number of carbonyl (C=O) groups is 2. The predicted molar refractivity (Wildman–Crippen MR) is 122 cm³/mol. The fraction of sp³-hybridized carbons (Fsp3) is 0.435. The third kappa shape index (κ3) is 5.04. The quantitative estimate of drug-likeness (QED) is 0.542. The number of nitrogens with zero attached hydrogens (tertiary/aromatic N) is 3. The van der Waals surface area contributed by atoms with E-state index < -0.39 is 5.97 Å². The lowest BCUT2D eigenvalue weighted by Gasteiger charge is -2.21. The molecule has 168 valence electrons. The molecule has 9 heteroatoms. The molecule has 3 aromatic rings. The molecule has 0 radical (unpaired) electrons. The molecule has 32 heavy (non-hydrogen) atoms. The Morgan fingerprint density at radius 1 is 1.22 bits per heavy atom. The lowest BCUT2D eigenvalue weighted by molar-refractivity contribution is -0.120. The van der Waals surface area contributed by atoms with Gasteiger partial charge >= 0.3 is 5.97 Å². The van der Waals surface area contributed by atoms with Gasteiger partial charge in [-0.05, 0) is 31.4 Å². The first kappa shape index (κ1) is 22.1. The number of rotatable bonds is 7. The van der Waals surface area contributed by atoms with Crippen molar-refractivity contribution in [3.8, 4) is 0 Å². The number of ether oxygens (including phenoxy) is 1. The van der Waals surface area contributed by atoms with Crippen LogP contribution >= 0.6 is 11.3 Å². The predicted octanol–water partition coefficient (Wildman–Crippen LogP) is 3.98. The zero-order valence-electron chi connectivity index (χ0n) is 18.0. The number of hydrogen-bond donors (Lipinski definition) is 1. The van der Waals surface area contributed by atoms with Crippen LogP contribution in [0.25, 0.3) is 4.96 Å². The van der Waals surface area contributed by atoms with Gasteiger partial charge in [0.1, 0.15) is 11.6 Å². The number of carbonyl (C=O) groups excluding carboxylic acids is 2. The van der Waals surface area contributed by atoms with Crippen LogP contribution in [0.15, 0.2) is 35.1 Å². The van der Waals surface area contributed by atoms with Crippen molar-refractivity contribution in [1.82, 2.24) is 14.6 Å². The van der Waals surface area contributed by atoms with Crippen molar-refractivity contribution in [2.45, 2.75) is 58.5 Å². The second-order valence-electron chi connectivity index (χ2n) is 7.97. The Hall–Kier alpha value is -3.07. The molecule has 1 aliphatic rings. The first-order valence-corrected chi connectivity index (χ1v) is 11.8. The van der Waals surface area contributed by atoms with Gasteiger partial charge in [-0.25, -0.2) is 9.78 Å². The smallest absolute Gasteiger partial charge is 0.340 e. The highest BCUT2D eigenvalue weighted by Gasteiger charge is 2.23. The number of aromatic nitrogens is 3. The van der Waals surface area contributed by atoms with Crippen molar-refractivity contribution >= 4 is 33.9 Å². The summed E-state index contributed by atoms with van der Waals surface area (Å²) in [7, 11) is 0. The number of para-hydroxylation sites is 1. The number of hydrogen-bond acceptors (Lipinski definition) is 7. The molecule has 0 saturated heterocycles. The summed E-state index contributed by atoms with van der Waals surface area (Å²) in [6, 6.07) is 8.12. The number of anilines is 1. The summed E-state index contributed by atoms with van der Waals surface area (Å²) < 4.78 is 6.70. The van der Waals surface area contributed by atoms with Crippen molar-refractivity contribution in [3.63, 3.8) is 0 Å². The maximum atomic E-state index is 12.7. The van der Waals surface area contributed by atoms with E-state index >= 15 is 0 Å². The van der Waals surface area contributed by atoms with Gasteiger partial charge in [-0.1, -0.05) is 49.7 Å². The summed E-state index contributed by atoms with van der Waals surface area (Å²) in [6.07, 6.45) is 6.73. The van der Waals surface area contributed by atoms with Gasteiger partial charge in [-0.2, -0.15) is 9.61 Å². The zero-order chi connectivity index (χ0) is 22.5. The van der Waals surface area contributed by atoms with E-state index in [1.165, 1.54) is 21.9 Å². The molecule has 4 rings (SSSR count). The highest BCUT2D eigenvalue weighted by molar-refractivity contribution is 7.16. The van der Waals surface area contributed by atoms with Gasteiger partial charge < -0.3 is 10.1 Å². The summed E-state index contributed by atoms with van der Waals surface area (Å²) in [4.78, 5) is 42.6. The van der Waals surface area contributed by atoms with Crippen molar-refractivity contribution in [2.24, 2.45) is 5.92 Å². The van der Waals surface area contributed by atoms with Crippen molar-refractivity contribution in [2.75, 3.05) is 5.32 Å². The molecule has 2 heterocycles. The lowest BCUT2D eigenvalue weighted by Crippen LogP contribution is -2.25. The van der Waals surface area contributed by atoms with E-state index in [1.54, 1.807) is 24.3 Å². The molecule has 1 fully saturated rings. The molecule has 1 N–H and O–H groups in total. The molecule has 0 spiro atoms. The minimum absolute atomic E-state index is 0.0197. The van der Waals surface area contributed by atoms with Gasteiger partial charge in [0.05, 0.1) is 16.9 Å². The van der Waals surface area contributed by atoms with E-state index in [2.05, 4.69) is 15.4 Å². The molecule has 1 aliphatic carbocycles. The Balaban J connectivity index is 1.45. The molecule has 2 aromatic heterocycles. The van der Waals surface area contributed by atoms with Crippen LogP contribution in [0, 0.1) is 5.92 Å². The van der Waals surface area contributed by atoms with Gasteiger partial charge in [0.2, 0.25) is 10.9 Å². The van der Waals surface area contributed by atoms with Crippen LogP contribution in [0.3, 0.4) is 0 Å². The number of nitrogens with one attached hydrogen (secondary N) is 1. The first-order chi connectivity index (χ1) is 15.5. The summed E-state index contributed by atoms with van der Waals surface area (Å²) in [5.74, 6) is -0.658. The highest BCUT2D eigenvalue weighted by Crippen LogP contribution is 2.26. The van der Waals surface area contributed by atoms with Crippen molar-refractivity contribution < 1.29 is 14.3 Å². The lowest BCUT2D eigenvalue weighted by atomic mass is 9.88. The Bertz CT molecular complexity index is 1180. The van der Waals surface area contributed by atoms with Gasteiger partial charge in [0, 0.05) is 18.4 Å². The molecule has 0 atom stereocenters. The van der Waals surface area contributed by atoms with Crippen LogP contribution in [-0.2, 0) is 22.6 Å². The third-order valence-corrected chi connectivity index (χ3v) is 6.50. The van der Waals surface area contributed by atoms with Gasteiger partial charge in [0.15, 0.2) is 0 Å². The minimum atomic E-state index is -0.581. The number of amides is 1. The van der Waals surface area contributed by atoms with Crippen molar-refractivity contribution in [3.05, 3.63) is 57.0 Å². The van der Waals surface area contributed by atoms with Crippen LogP contribution in [0.1, 0.15) is 66.5 Å². The summed E-state index contributed by atoms with van der Waals surface area (Å²) in [6.45, 7) is 1.90. The Labute approximate surface area is 189 Å². The summed E-state index contributed by atoms with van der Waals surface area (Å²) in [5, 5.41) is 8.01. The third-order valence-electron chi connectivity index (χ3n) is 5.54. The first-order valence-electron chi connectivity index (χ1n) is 11.0. The number of esters is 1. The largest absolute Gasteiger partial charge is 0.456 e. The van der Waals surface area contributed by atoms with Crippen LogP contribution in [-0.4, -0.2) is 26.5 Å². The van der Waals surface area contributed by atoms with E-state index in [0.717, 1.165) is 50.0 Å². The van der Waals surface area contributed by atoms with Gasteiger partial charge in [0.25, 0.3) is 5.56 Å². The monoisotopic (exact) mass is 454 g/mol. The van der Waals surface area contributed by atoms with E-state index in [-0.39, 0.29) is 29.6 Å². The van der Waals surface area contributed by atoms with E-state index in [1.807, 2.05) is 6.92 Å². The average molecular weight is 455 g/mol. The maximum Gasteiger partial charge on any atom is 0.340 e. The van der Waals surface area contributed by atoms with Crippen molar-refractivity contribution in [1.29, 1.82) is 0 Å². The molecular weight excluding hydrogens is 428 g/mol. The molecular formula is C23H26N4O4S. The van der Waals surface area contributed by atoms with E-state index in [9.17, 15) is 14.4 Å². The summed E-state index contributed by atoms with van der Waals surface area (Å²) in [5.41, 5.74) is 0.763. The standard InChI is InChI=1S/C23H26N4O4S/c1-2-8-19-26-27-20(28)13-16(24-23(27)32-19)14-31-22(30)17-11-6-7-12-18(17)25-21(29)15-9-4-3-5-10-15/h6-7,11-13,15H,2-5,8-10,14H2,1H3,(H,25,29). The molecule has 1 amide bonds. The number of fused-ring (bicyclic) bond motifs is 1. The molecule has 8 nitrogen and oxygen atoms in total. The van der Waals surface area contributed by atoms with Crippen LogP contribution < -0.4 is 10.9 Å². The molecule has 1 saturated carbocycles. The molecule has 0 aliphatic heterocycles. The topological polar surface area (TPSA) is 103 Å².